The Morgan fingerprint density at radius 2 is 1.93 bits per heavy atom. The first-order valence-electron chi connectivity index (χ1n) is 9.65. The Kier molecular flexibility index (Phi) is 6.76. The van der Waals surface area contributed by atoms with Gasteiger partial charge in [-0.15, -0.1) is 0 Å². The molecule has 0 saturated carbocycles. The minimum Gasteiger partial charge on any atom is -0.488 e. The fraction of sp³-hybridized carbons (Fsp3) is 0.381. The Morgan fingerprint density at radius 3 is 2.69 bits per heavy atom. The molecular weight excluding hydrogens is 388 g/mol. The lowest BCUT2D eigenvalue weighted by Crippen LogP contribution is -2.44. The van der Waals surface area contributed by atoms with Crippen LogP contribution in [0.1, 0.15) is 16.7 Å². The van der Waals surface area contributed by atoms with Gasteiger partial charge >= 0.3 is 0 Å². The predicted molar refractivity (Wildman–Crippen MR) is 115 cm³/mol. The van der Waals surface area contributed by atoms with E-state index >= 15 is 0 Å². The van der Waals surface area contributed by atoms with Gasteiger partial charge in [-0.05, 0) is 42.7 Å². The maximum Gasteiger partial charge on any atom is 0.240 e. The van der Waals surface area contributed by atoms with E-state index in [1.807, 2.05) is 37.3 Å². The summed E-state index contributed by atoms with van der Waals surface area (Å²) >= 11 is 0. The van der Waals surface area contributed by atoms with Crippen molar-refractivity contribution in [2.45, 2.75) is 31.3 Å². The molecule has 0 radical (unpaired) electrons. The zero-order valence-electron chi connectivity index (χ0n) is 17.0. The number of benzene rings is 2. The predicted octanol–water partition coefficient (Wildman–Crippen LogP) is 1.75. The van der Waals surface area contributed by atoms with Crippen LogP contribution >= 0.6 is 0 Å². The Bertz CT molecular complexity index is 964. The third-order valence-electron chi connectivity index (χ3n) is 4.78. The number of para-hydroxylation sites is 1. The van der Waals surface area contributed by atoms with E-state index in [9.17, 15) is 8.42 Å². The summed E-state index contributed by atoms with van der Waals surface area (Å²) in [5.41, 5.74) is 2.85. The van der Waals surface area contributed by atoms with Gasteiger partial charge in [0.2, 0.25) is 10.0 Å². The highest BCUT2D eigenvalue weighted by molar-refractivity contribution is 7.89. The molecule has 0 saturated heterocycles. The molecule has 29 heavy (non-hydrogen) atoms. The average Bonchev–Trinajstić information content (AvgIpc) is 3.12. The van der Waals surface area contributed by atoms with Gasteiger partial charge in [-0.25, -0.2) is 13.1 Å². The Morgan fingerprint density at radius 1 is 1.14 bits per heavy atom. The normalized spacial score (nSPS) is 16.2. The SMILES string of the molecule is CN=C(NCCNS(=O)(=O)c1cc(C)ccc1C)NCC1Cc2ccccc2O1. The highest BCUT2D eigenvalue weighted by Crippen LogP contribution is 2.27. The molecule has 0 amide bonds. The molecule has 0 spiro atoms. The second-order valence-corrected chi connectivity index (χ2v) is 8.83. The molecule has 2 aromatic rings. The number of ether oxygens (including phenoxy) is 1. The summed E-state index contributed by atoms with van der Waals surface area (Å²) in [6.45, 7) is 4.95. The Labute approximate surface area is 172 Å². The minimum atomic E-state index is -3.54. The standard InChI is InChI=1S/C21H28N4O3S/c1-15-8-9-16(2)20(12-15)29(26,27)25-11-10-23-21(22-3)24-14-18-13-17-6-4-5-7-19(17)28-18/h4-9,12,18,25H,10-11,13-14H2,1-3H3,(H2,22,23,24). The van der Waals surface area contributed by atoms with Crippen LogP contribution in [0, 0.1) is 13.8 Å². The van der Waals surface area contributed by atoms with E-state index < -0.39 is 10.0 Å². The molecule has 0 aliphatic carbocycles. The number of nitrogens with zero attached hydrogens (tertiary/aromatic N) is 1. The number of aliphatic imine (C=N–C) groups is 1. The maximum absolute atomic E-state index is 12.5. The maximum atomic E-state index is 12.5. The van der Waals surface area contributed by atoms with Gasteiger partial charge in [0.15, 0.2) is 5.96 Å². The van der Waals surface area contributed by atoms with Crippen molar-refractivity contribution in [3.63, 3.8) is 0 Å². The molecule has 1 unspecified atom stereocenters. The average molecular weight is 417 g/mol. The summed E-state index contributed by atoms with van der Waals surface area (Å²) in [5, 5.41) is 6.35. The van der Waals surface area contributed by atoms with E-state index in [2.05, 4.69) is 26.4 Å². The van der Waals surface area contributed by atoms with Gasteiger partial charge in [0.05, 0.1) is 11.4 Å². The summed E-state index contributed by atoms with van der Waals surface area (Å²) in [6.07, 6.45) is 0.907. The molecule has 1 aliphatic heterocycles. The van der Waals surface area contributed by atoms with Gasteiger partial charge < -0.3 is 15.4 Å². The minimum absolute atomic E-state index is 0.0498. The van der Waals surface area contributed by atoms with Gasteiger partial charge in [0.25, 0.3) is 0 Å². The summed E-state index contributed by atoms with van der Waals surface area (Å²) in [6, 6.07) is 13.4. The summed E-state index contributed by atoms with van der Waals surface area (Å²) < 4.78 is 33.6. The van der Waals surface area contributed by atoms with Crippen LogP contribution in [0.4, 0.5) is 0 Å². The van der Waals surface area contributed by atoms with Crippen LogP contribution in [0.25, 0.3) is 0 Å². The zero-order valence-corrected chi connectivity index (χ0v) is 17.8. The van der Waals surface area contributed by atoms with E-state index in [4.69, 9.17) is 4.74 Å². The summed E-state index contributed by atoms with van der Waals surface area (Å²) in [7, 11) is -1.86. The third kappa shape index (κ3) is 5.48. The van der Waals surface area contributed by atoms with Crippen molar-refractivity contribution < 1.29 is 13.2 Å². The zero-order chi connectivity index (χ0) is 20.9. The van der Waals surface area contributed by atoms with Crippen LogP contribution in [-0.4, -0.2) is 47.2 Å². The van der Waals surface area contributed by atoms with Crippen molar-refractivity contribution in [2.24, 2.45) is 4.99 Å². The van der Waals surface area contributed by atoms with Crippen LogP contribution < -0.4 is 20.1 Å². The van der Waals surface area contributed by atoms with Crippen molar-refractivity contribution in [3.05, 3.63) is 59.2 Å². The van der Waals surface area contributed by atoms with E-state index in [-0.39, 0.29) is 12.6 Å². The molecule has 3 N–H and O–H groups in total. The summed E-state index contributed by atoms with van der Waals surface area (Å²) in [5.74, 6) is 1.54. The van der Waals surface area contributed by atoms with Gasteiger partial charge in [-0.1, -0.05) is 30.3 Å². The monoisotopic (exact) mass is 416 g/mol. The fourth-order valence-corrected chi connectivity index (χ4v) is 4.60. The number of nitrogens with one attached hydrogen (secondary N) is 3. The third-order valence-corrected chi connectivity index (χ3v) is 6.38. The second-order valence-electron chi connectivity index (χ2n) is 7.10. The molecular formula is C21H28N4O3S. The number of hydrogen-bond acceptors (Lipinski definition) is 4. The molecule has 1 atom stereocenters. The number of rotatable bonds is 7. The first-order chi connectivity index (χ1) is 13.9. The number of hydrogen-bond donors (Lipinski definition) is 3. The van der Waals surface area contributed by atoms with Crippen molar-refractivity contribution >= 4 is 16.0 Å². The van der Waals surface area contributed by atoms with Gasteiger partial charge in [0.1, 0.15) is 11.9 Å². The molecule has 1 heterocycles. The van der Waals surface area contributed by atoms with Crippen molar-refractivity contribution in [1.82, 2.24) is 15.4 Å². The van der Waals surface area contributed by atoms with E-state index in [1.54, 1.807) is 20.0 Å². The van der Waals surface area contributed by atoms with E-state index in [0.29, 0.717) is 23.9 Å². The number of fused-ring (bicyclic) bond motifs is 1. The van der Waals surface area contributed by atoms with Gasteiger partial charge in [-0.3, -0.25) is 4.99 Å². The number of sulfonamides is 1. The van der Waals surface area contributed by atoms with Gasteiger partial charge in [-0.2, -0.15) is 0 Å². The topological polar surface area (TPSA) is 91.8 Å². The smallest absolute Gasteiger partial charge is 0.240 e. The van der Waals surface area contributed by atoms with Crippen molar-refractivity contribution in [2.75, 3.05) is 26.7 Å². The molecule has 0 aromatic heterocycles. The molecule has 0 bridgehead atoms. The van der Waals surface area contributed by atoms with Crippen LogP contribution in [0.5, 0.6) is 5.75 Å². The second kappa shape index (κ2) is 9.28. The molecule has 0 fully saturated rings. The fourth-order valence-electron chi connectivity index (χ4n) is 3.24. The quantitative estimate of drug-likeness (QED) is 0.363. The van der Waals surface area contributed by atoms with Crippen LogP contribution in [0.2, 0.25) is 0 Å². The molecule has 8 heteroatoms. The van der Waals surface area contributed by atoms with Crippen LogP contribution in [0.15, 0.2) is 52.4 Å². The molecule has 1 aliphatic rings. The van der Waals surface area contributed by atoms with Crippen molar-refractivity contribution in [3.8, 4) is 5.75 Å². The molecule has 7 nitrogen and oxygen atoms in total. The lowest BCUT2D eigenvalue weighted by atomic mass is 10.1. The highest BCUT2D eigenvalue weighted by Gasteiger charge is 2.22. The Balaban J connectivity index is 1.43. The van der Waals surface area contributed by atoms with E-state index in [1.165, 1.54) is 5.56 Å². The largest absolute Gasteiger partial charge is 0.488 e. The Hall–Kier alpha value is -2.58. The van der Waals surface area contributed by atoms with Crippen LogP contribution in [0.3, 0.4) is 0 Å². The molecule has 3 rings (SSSR count). The lowest BCUT2D eigenvalue weighted by molar-refractivity contribution is 0.235. The van der Waals surface area contributed by atoms with Crippen LogP contribution in [-0.2, 0) is 16.4 Å². The first kappa shape index (κ1) is 21.1. The number of guanidine groups is 1. The van der Waals surface area contributed by atoms with Gasteiger partial charge in [0, 0.05) is 26.6 Å². The highest BCUT2D eigenvalue weighted by atomic mass is 32.2. The number of aryl methyl sites for hydroxylation is 2. The molecule has 156 valence electrons. The van der Waals surface area contributed by atoms with Crippen molar-refractivity contribution in [1.29, 1.82) is 0 Å². The van der Waals surface area contributed by atoms with E-state index in [0.717, 1.165) is 23.3 Å². The molecule has 2 aromatic carbocycles. The lowest BCUT2D eigenvalue weighted by Gasteiger charge is -2.16. The summed E-state index contributed by atoms with van der Waals surface area (Å²) in [4.78, 5) is 4.50. The first-order valence-corrected chi connectivity index (χ1v) is 11.1.